The van der Waals surface area contributed by atoms with Gasteiger partial charge in [-0.3, -0.25) is 0 Å². The number of hydrogen-bond acceptors (Lipinski definition) is 4. The molecule has 0 atom stereocenters. The van der Waals surface area contributed by atoms with Crippen LogP contribution < -0.4 is 10.2 Å². The van der Waals surface area contributed by atoms with Crippen molar-refractivity contribution in [2.24, 2.45) is 0 Å². The number of benzene rings is 1. The van der Waals surface area contributed by atoms with Crippen LogP contribution in [0.25, 0.3) is 0 Å². The van der Waals surface area contributed by atoms with Gasteiger partial charge < -0.3 is 14.8 Å². The molecular weight excluding hydrogens is 204 g/mol. The van der Waals surface area contributed by atoms with Crippen molar-refractivity contribution in [2.75, 3.05) is 7.11 Å². The molecule has 0 aliphatic heterocycles. The van der Waals surface area contributed by atoms with Gasteiger partial charge in [0.05, 0.1) is 17.7 Å². The molecule has 6 heteroatoms. The summed E-state index contributed by atoms with van der Waals surface area (Å²) in [6.45, 7) is 0. The Labute approximate surface area is 86.5 Å². The number of nitriles is 1. The van der Waals surface area contributed by atoms with E-state index in [1.807, 2.05) is 6.07 Å². The summed E-state index contributed by atoms with van der Waals surface area (Å²) in [6.07, 6.45) is 0. The van der Waals surface area contributed by atoms with Gasteiger partial charge >= 0.3 is 7.12 Å². The molecule has 0 aromatic heterocycles. The highest BCUT2D eigenvalue weighted by atomic mass is 35.5. The lowest BCUT2D eigenvalue weighted by molar-refractivity contribution is 0.411. The van der Waals surface area contributed by atoms with E-state index in [1.54, 1.807) is 0 Å². The van der Waals surface area contributed by atoms with Crippen LogP contribution >= 0.6 is 11.6 Å². The van der Waals surface area contributed by atoms with E-state index in [0.29, 0.717) is 0 Å². The van der Waals surface area contributed by atoms with Gasteiger partial charge in [-0.15, -0.1) is 0 Å². The molecule has 0 aliphatic rings. The van der Waals surface area contributed by atoms with Crippen molar-refractivity contribution < 1.29 is 14.8 Å². The smallest absolute Gasteiger partial charge is 0.490 e. The molecule has 0 spiro atoms. The van der Waals surface area contributed by atoms with E-state index in [0.717, 1.165) is 0 Å². The molecule has 0 saturated heterocycles. The molecule has 72 valence electrons. The first-order valence-corrected chi connectivity index (χ1v) is 4.12. The Kier molecular flexibility index (Phi) is 3.36. The van der Waals surface area contributed by atoms with Gasteiger partial charge in [0, 0.05) is 5.46 Å². The fourth-order valence-corrected chi connectivity index (χ4v) is 1.40. The standard InChI is InChI=1S/C8H7BClNO3/c1-14-8-5(4-11)2-3-6(7(8)10)9(12)13/h2-3,12-13H,1H3. The molecule has 0 saturated carbocycles. The third-order valence-corrected chi connectivity index (χ3v) is 2.12. The van der Waals surface area contributed by atoms with Crippen LogP contribution in [0, 0.1) is 11.3 Å². The van der Waals surface area contributed by atoms with Gasteiger partial charge in [-0.1, -0.05) is 17.7 Å². The van der Waals surface area contributed by atoms with Gasteiger partial charge in [0.15, 0.2) is 5.75 Å². The molecule has 0 heterocycles. The number of halogens is 1. The van der Waals surface area contributed by atoms with E-state index in [2.05, 4.69) is 0 Å². The summed E-state index contributed by atoms with van der Waals surface area (Å²) < 4.78 is 4.88. The van der Waals surface area contributed by atoms with Gasteiger partial charge in [-0.05, 0) is 6.07 Å². The lowest BCUT2D eigenvalue weighted by Gasteiger charge is -2.09. The van der Waals surface area contributed by atoms with E-state index in [1.165, 1.54) is 19.2 Å². The highest BCUT2D eigenvalue weighted by Crippen LogP contribution is 2.26. The van der Waals surface area contributed by atoms with E-state index in [4.69, 9.17) is 31.6 Å². The monoisotopic (exact) mass is 211 g/mol. The average Bonchev–Trinajstić information content (AvgIpc) is 2.16. The van der Waals surface area contributed by atoms with E-state index >= 15 is 0 Å². The summed E-state index contributed by atoms with van der Waals surface area (Å²) in [5, 5.41) is 26.6. The van der Waals surface area contributed by atoms with E-state index < -0.39 is 7.12 Å². The normalized spacial score (nSPS) is 9.36. The maximum atomic E-state index is 8.92. The number of rotatable bonds is 2. The first-order valence-electron chi connectivity index (χ1n) is 3.74. The van der Waals surface area contributed by atoms with Crippen LogP contribution in [0.3, 0.4) is 0 Å². The number of nitrogens with zero attached hydrogens (tertiary/aromatic N) is 1. The molecule has 2 N–H and O–H groups in total. The molecule has 0 radical (unpaired) electrons. The Morgan fingerprint density at radius 2 is 2.14 bits per heavy atom. The van der Waals surface area contributed by atoms with Gasteiger partial charge in [0.25, 0.3) is 0 Å². The number of hydrogen-bond donors (Lipinski definition) is 2. The summed E-state index contributed by atoms with van der Waals surface area (Å²) in [4.78, 5) is 0. The zero-order valence-electron chi connectivity index (χ0n) is 7.36. The van der Waals surface area contributed by atoms with Crippen molar-refractivity contribution in [1.82, 2.24) is 0 Å². The first kappa shape index (κ1) is 10.9. The average molecular weight is 211 g/mol. The predicted molar refractivity (Wildman–Crippen MR) is 52.5 cm³/mol. The second kappa shape index (κ2) is 4.33. The van der Waals surface area contributed by atoms with Crippen LogP contribution in [0.4, 0.5) is 0 Å². The second-order valence-corrected chi connectivity index (χ2v) is 2.91. The van der Waals surface area contributed by atoms with Gasteiger partial charge in [0.2, 0.25) is 0 Å². The highest BCUT2D eigenvalue weighted by Gasteiger charge is 2.20. The fraction of sp³-hybridized carbons (Fsp3) is 0.125. The fourth-order valence-electron chi connectivity index (χ4n) is 1.06. The van der Waals surface area contributed by atoms with E-state index in [-0.39, 0.29) is 21.8 Å². The van der Waals surface area contributed by atoms with Crippen LogP contribution in [0.15, 0.2) is 12.1 Å². The molecule has 14 heavy (non-hydrogen) atoms. The Balaban J connectivity index is 3.37. The summed E-state index contributed by atoms with van der Waals surface area (Å²) in [6, 6.07) is 4.67. The summed E-state index contributed by atoms with van der Waals surface area (Å²) in [5.41, 5.74) is 0.365. The van der Waals surface area contributed by atoms with Crippen molar-refractivity contribution in [2.45, 2.75) is 0 Å². The quantitative estimate of drug-likeness (QED) is 0.670. The molecule has 0 bridgehead atoms. The molecular formula is C8H7BClNO3. The Bertz CT molecular complexity index is 389. The predicted octanol–water partition coefficient (Wildman–Crippen LogP) is -0.0999. The zero-order chi connectivity index (χ0) is 10.7. The molecule has 0 amide bonds. The van der Waals surface area contributed by atoms with E-state index in [9.17, 15) is 0 Å². The van der Waals surface area contributed by atoms with Gasteiger partial charge in [-0.2, -0.15) is 5.26 Å². The second-order valence-electron chi connectivity index (χ2n) is 2.54. The minimum atomic E-state index is -1.68. The minimum Gasteiger partial charge on any atom is -0.494 e. The first-order chi connectivity index (χ1) is 6.61. The Morgan fingerprint density at radius 1 is 1.50 bits per heavy atom. The van der Waals surface area contributed by atoms with Crippen molar-refractivity contribution in [3.05, 3.63) is 22.7 Å². The third-order valence-electron chi connectivity index (χ3n) is 1.73. The maximum absolute atomic E-state index is 8.92. The van der Waals surface area contributed by atoms with Crippen LogP contribution in [-0.2, 0) is 0 Å². The van der Waals surface area contributed by atoms with Crippen molar-refractivity contribution in [3.8, 4) is 11.8 Å². The summed E-state index contributed by atoms with van der Waals surface area (Å²) in [7, 11) is -0.320. The molecule has 1 aromatic rings. The Hall–Kier alpha value is -1.22. The largest absolute Gasteiger partial charge is 0.494 e. The number of ether oxygens (including phenoxy) is 1. The SMILES string of the molecule is COc1c(C#N)ccc(B(O)O)c1Cl. The van der Waals surface area contributed by atoms with Crippen LogP contribution in [0.5, 0.6) is 5.75 Å². The topological polar surface area (TPSA) is 73.5 Å². The zero-order valence-corrected chi connectivity index (χ0v) is 8.12. The van der Waals surface area contributed by atoms with Crippen LogP contribution in [0.1, 0.15) is 5.56 Å². The lowest BCUT2D eigenvalue weighted by Crippen LogP contribution is -2.31. The molecule has 0 unspecified atom stereocenters. The molecule has 4 nitrogen and oxygen atoms in total. The van der Waals surface area contributed by atoms with Crippen molar-refractivity contribution in [1.29, 1.82) is 5.26 Å². The van der Waals surface area contributed by atoms with Gasteiger partial charge in [0.1, 0.15) is 6.07 Å². The summed E-state index contributed by atoms with van der Waals surface area (Å²) >= 11 is 5.79. The Morgan fingerprint density at radius 3 is 2.57 bits per heavy atom. The molecule has 0 aliphatic carbocycles. The summed E-state index contributed by atoms with van der Waals surface area (Å²) in [5.74, 6) is 0.153. The molecule has 1 aromatic carbocycles. The van der Waals surface area contributed by atoms with Crippen LogP contribution in [-0.4, -0.2) is 24.3 Å². The van der Waals surface area contributed by atoms with Crippen LogP contribution in [0.2, 0.25) is 5.02 Å². The highest BCUT2D eigenvalue weighted by molar-refractivity contribution is 6.63. The van der Waals surface area contributed by atoms with Crippen molar-refractivity contribution in [3.63, 3.8) is 0 Å². The van der Waals surface area contributed by atoms with Gasteiger partial charge in [-0.25, -0.2) is 0 Å². The minimum absolute atomic E-state index is 0.0431. The maximum Gasteiger partial charge on any atom is 0.490 e. The molecule has 1 rings (SSSR count). The molecule has 0 fully saturated rings. The number of methoxy groups -OCH3 is 1. The van der Waals surface area contributed by atoms with Crippen molar-refractivity contribution >= 4 is 24.2 Å². The lowest BCUT2D eigenvalue weighted by atomic mass is 9.79. The third kappa shape index (κ3) is 1.83.